The second-order valence-corrected chi connectivity index (χ2v) is 6.27. The molecule has 6 nitrogen and oxygen atoms in total. The number of aryl methyl sites for hydroxylation is 1. The molecule has 2 N–H and O–H groups in total. The van der Waals surface area contributed by atoms with Crippen molar-refractivity contribution in [1.29, 1.82) is 0 Å². The minimum Gasteiger partial charge on any atom is -0.477 e. The Labute approximate surface area is 153 Å². The van der Waals surface area contributed by atoms with E-state index in [1.807, 2.05) is 60.4 Å². The molecule has 2 aromatic rings. The maximum atomic E-state index is 12.5. The van der Waals surface area contributed by atoms with E-state index in [2.05, 4.69) is 10.6 Å². The number of carbonyl (C=O) groups excluding carboxylic acids is 2. The van der Waals surface area contributed by atoms with Gasteiger partial charge in [-0.05, 0) is 30.2 Å². The van der Waals surface area contributed by atoms with Crippen molar-refractivity contribution in [1.82, 2.24) is 10.6 Å². The molecule has 0 radical (unpaired) electrons. The van der Waals surface area contributed by atoms with Crippen molar-refractivity contribution >= 4 is 17.5 Å². The van der Waals surface area contributed by atoms with E-state index in [0.717, 1.165) is 16.8 Å². The van der Waals surface area contributed by atoms with Crippen LogP contribution < -0.4 is 20.3 Å². The highest BCUT2D eigenvalue weighted by molar-refractivity contribution is 5.86. The fraction of sp³-hybridized carbons (Fsp3) is 0.300. The van der Waals surface area contributed by atoms with Gasteiger partial charge in [0.15, 0.2) is 6.10 Å². The number of para-hydroxylation sites is 2. The number of nitrogens with one attached hydrogen (secondary N) is 2. The predicted octanol–water partition coefficient (Wildman–Crippen LogP) is 1.62. The van der Waals surface area contributed by atoms with Crippen LogP contribution in [0.15, 0.2) is 48.5 Å². The average molecular weight is 353 g/mol. The summed E-state index contributed by atoms with van der Waals surface area (Å²) in [6.07, 6.45) is -0.640. The maximum Gasteiger partial charge on any atom is 0.262 e. The van der Waals surface area contributed by atoms with Crippen molar-refractivity contribution in [2.45, 2.75) is 19.6 Å². The number of hydrogen-bond acceptors (Lipinski definition) is 4. The van der Waals surface area contributed by atoms with Crippen molar-refractivity contribution < 1.29 is 14.3 Å². The quantitative estimate of drug-likeness (QED) is 0.857. The van der Waals surface area contributed by atoms with Crippen LogP contribution in [0.4, 0.5) is 5.69 Å². The topological polar surface area (TPSA) is 70.7 Å². The lowest BCUT2D eigenvalue weighted by atomic mass is 10.1. The number of likely N-dealkylation sites (N-methyl/N-ethyl adjacent to an activating group) is 1. The summed E-state index contributed by atoms with van der Waals surface area (Å²) in [7, 11) is 1.57. The van der Waals surface area contributed by atoms with Crippen molar-refractivity contribution in [2.75, 3.05) is 25.0 Å². The molecule has 1 heterocycles. The molecule has 3 rings (SSSR count). The van der Waals surface area contributed by atoms with E-state index in [9.17, 15) is 9.59 Å². The molecule has 2 aromatic carbocycles. The summed E-state index contributed by atoms with van der Waals surface area (Å²) in [6, 6.07) is 15.4. The van der Waals surface area contributed by atoms with E-state index in [0.29, 0.717) is 18.8 Å². The first-order valence-electron chi connectivity index (χ1n) is 8.62. The van der Waals surface area contributed by atoms with E-state index in [4.69, 9.17) is 4.74 Å². The number of ether oxygens (including phenoxy) is 1. The van der Waals surface area contributed by atoms with Gasteiger partial charge in [-0.2, -0.15) is 0 Å². The lowest BCUT2D eigenvalue weighted by Crippen LogP contribution is -2.50. The van der Waals surface area contributed by atoms with Gasteiger partial charge in [-0.3, -0.25) is 9.59 Å². The molecule has 26 heavy (non-hydrogen) atoms. The third-order valence-electron chi connectivity index (χ3n) is 4.47. The lowest BCUT2D eigenvalue weighted by molar-refractivity contribution is -0.127. The van der Waals surface area contributed by atoms with Crippen LogP contribution >= 0.6 is 0 Å². The zero-order valence-corrected chi connectivity index (χ0v) is 15.0. The zero-order chi connectivity index (χ0) is 18.5. The number of rotatable bonds is 5. The molecule has 0 spiro atoms. The van der Waals surface area contributed by atoms with Gasteiger partial charge in [0, 0.05) is 13.6 Å². The zero-order valence-electron chi connectivity index (χ0n) is 15.0. The molecule has 0 fully saturated rings. The van der Waals surface area contributed by atoms with Crippen LogP contribution in [0.2, 0.25) is 0 Å². The molecule has 0 bridgehead atoms. The molecular formula is C20H23N3O3. The Morgan fingerprint density at radius 1 is 1.15 bits per heavy atom. The highest BCUT2D eigenvalue weighted by Gasteiger charge is 2.30. The van der Waals surface area contributed by atoms with Gasteiger partial charge in [0.2, 0.25) is 5.91 Å². The maximum absolute atomic E-state index is 12.5. The van der Waals surface area contributed by atoms with E-state index in [-0.39, 0.29) is 18.4 Å². The number of benzene rings is 2. The van der Waals surface area contributed by atoms with Crippen LogP contribution in [-0.2, 0) is 16.1 Å². The molecule has 136 valence electrons. The summed E-state index contributed by atoms with van der Waals surface area (Å²) in [5.74, 6) is 0.310. The molecule has 0 saturated carbocycles. The fourth-order valence-corrected chi connectivity index (χ4v) is 2.99. The van der Waals surface area contributed by atoms with Crippen molar-refractivity contribution in [3.63, 3.8) is 0 Å². The molecule has 1 aliphatic rings. The molecule has 6 heteroatoms. The normalized spacial score (nSPS) is 15.6. The minimum atomic E-state index is -0.640. The van der Waals surface area contributed by atoms with E-state index in [1.54, 1.807) is 7.05 Å². The van der Waals surface area contributed by atoms with E-state index < -0.39 is 6.10 Å². The number of nitrogens with zero attached hydrogens (tertiary/aromatic N) is 1. The molecule has 0 unspecified atom stereocenters. The van der Waals surface area contributed by atoms with Crippen LogP contribution in [-0.4, -0.2) is 38.1 Å². The second kappa shape index (κ2) is 7.91. The fourth-order valence-electron chi connectivity index (χ4n) is 2.99. The van der Waals surface area contributed by atoms with Crippen LogP contribution in [0.25, 0.3) is 0 Å². The van der Waals surface area contributed by atoms with Crippen LogP contribution in [0, 0.1) is 6.92 Å². The van der Waals surface area contributed by atoms with Crippen LogP contribution in [0.1, 0.15) is 11.1 Å². The summed E-state index contributed by atoms with van der Waals surface area (Å²) in [6.45, 7) is 3.00. The summed E-state index contributed by atoms with van der Waals surface area (Å²) >= 11 is 0. The number of amides is 2. The number of anilines is 1. The van der Waals surface area contributed by atoms with Gasteiger partial charge in [-0.15, -0.1) is 0 Å². The summed E-state index contributed by atoms with van der Waals surface area (Å²) < 4.78 is 5.76. The van der Waals surface area contributed by atoms with Gasteiger partial charge >= 0.3 is 0 Å². The molecule has 1 aliphatic heterocycles. The van der Waals surface area contributed by atoms with Crippen molar-refractivity contribution in [2.24, 2.45) is 0 Å². The van der Waals surface area contributed by atoms with Crippen molar-refractivity contribution in [3.05, 3.63) is 59.7 Å². The Kier molecular flexibility index (Phi) is 5.41. The first-order chi connectivity index (χ1) is 12.6. The highest BCUT2D eigenvalue weighted by atomic mass is 16.5. The van der Waals surface area contributed by atoms with Gasteiger partial charge in [0.25, 0.3) is 5.91 Å². The first kappa shape index (κ1) is 17.8. The molecule has 2 amide bonds. The Bertz CT molecular complexity index is 806. The number of hydrogen-bond donors (Lipinski definition) is 2. The van der Waals surface area contributed by atoms with E-state index in [1.165, 1.54) is 0 Å². The van der Waals surface area contributed by atoms with Gasteiger partial charge < -0.3 is 20.3 Å². The molecule has 0 aliphatic carbocycles. The second-order valence-electron chi connectivity index (χ2n) is 6.27. The lowest BCUT2D eigenvalue weighted by Gasteiger charge is -2.35. The predicted molar refractivity (Wildman–Crippen MR) is 100 cm³/mol. The van der Waals surface area contributed by atoms with E-state index >= 15 is 0 Å². The monoisotopic (exact) mass is 353 g/mol. The molecular weight excluding hydrogens is 330 g/mol. The van der Waals surface area contributed by atoms with Crippen LogP contribution in [0.3, 0.4) is 0 Å². The summed E-state index contributed by atoms with van der Waals surface area (Å²) in [5.41, 5.74) is 3.05. The Morgan fingerprint density at radius 2 is 1.88 bits per heavy atom. The Balaban J connectivity index is 1.68. The van der Waals surface area contributed by atoms with Gasteiger partial charge in [0.1, 0.15) is 5.75 Å². The average Bonchev–Trinajstić information content (AvgIpc) is 2.66. The van der Waals surface area contributed by atoms with Gasteiger partial charge in [-0.25, -0.2) is 0 Å². The largest absolute Gasteiger partial charge is 0.477 e. The number of fused-ring (bicyclic) bond motifs is 1. The standard InChI is InChI=1S/C20H23N3O3/c1-14-7-3-4-8-15(14)11-22-19(24)13-23-12-18(20(25)21-2)26-17-10-6-5-9-16(17)23/h3-10,18H,11-13H2,1-2H3,(H,21,25)(H,22,24)/t18-/m1/s1. The first-order valence-corrected chi connectivity index (χ1v) is 8.62. The molecule has 0 saturated heterocycles. The summed E-state index contributed by atoms with van der Waals surface area (Å²) in [5, 5.41) is 5.56. The minimum absolute atomic E-state index is 0.0967. The summed E-state index contributed by atoms with van der Waals surface area (Å²) in [4.78, 5) is 26.3. The molecule has 1 atom stereocenters. The third-order valence-corrected chi connectivity index (χ3v) is 4.47. The van der Waals surface area contributed by atoms with Crippen LogP contribution in [0.5, 0.6) is 5.75 Å². The number of carbonyl (C=O) groups is 2. The van der Waals surface area contributed by atoms with Crippen molar-refractivity contribution in [3.8, 4) is 5.75 Å². The SMILES string of the molecule is CNC(=O)[C@H]1CN(CC(=O)NCc2ccccc2C)c2ccccc2O1. The van der Waals surface area contributed by atoms with Gasteiger partial charge in [-0.1, -0.05) is 36.4 Å². The third kappa shape index (κ3) is 3.96. The highest BCUT2D eigenvalue weighted by Crippen LogP contribution is 2.32. The molecule has 0 aromatic heterocycles. The Morgan fingerprint density at radius 3 is 2.65 bits per heavy atom. The Hall–Kier alpha value is -3.02. The smallest absolute Gasteiger partial charge is 0.262 e. The van der Waals surface area contributed by atoms with Gasteiger partial charge in [0.05, 0.1) is 18.8 Å².